The number of aliphatic carboxylic acids is 1. The van der Waals surface area contributed by atoms with Gasteiger partial charge < -0.3 is 20.3 Å². The molecule has 0 saturated carbocycles. The van der Waals surface area contributed by atoms with Gasteiger partial charge >= 0.3 is 5.97 Å². The lowest BCUT2D eigenvalue weighted by atomic mass is 10.2. The van der Waals surface area contributed by atoms with Crippen molar-refractivity contribution in [1.29, 1.82) is 0 Å². The number of rotatable bonds is 9. The molecule has 0 bridgehead atoms. The van der Waals surface area contributed by atoms with Crippen LogP contribution in [-0.2, 0) is 14.3 Å². The summed E-state index contributed by atoms with van der Waals surface area (Å²) in [7, 11) is 3.22. The molecule has 0 amide bonds. The summed E-state index contributed by atoms with van der Waals surface area (Å²) in [6.07, 6.45) is 0. The van der Waals surface area contributed by atoms with Crippen molar-refractivity contribution < 1.29 is 19.4 Å². The summed E-state index contributed by atoms with van der Waals surface area (Å²) in [5, 5.41) is 8.75. The molecule has 96 valence electrons. The third kappa shape index (κ3) is 6.02. The van der Waals surface area contributed by atoms with Gasteiger partial charge in [0.2, 0.25) is 0 Å². The van der Waals surface area contributed by atoms with Crippen LogP contribution < -0.4 is 5.73 Å². The predicted molar refractivity (Wildman–Crippen MR) is 60.4 cm³/mol. The van der Waals surface area contributed by atoms with E-state index in [2.05, 4.69) is 0 Å². The van der Waals surface area contributed by atoms with Crippen LogP contribution in [-0.4, -0.2) is 68.6 Å². The Morgan fingerprint density at radius 3 is 2.50 bits per heavy atom. The van der Waals surface area contributed by atoms with E-state index in [0.717, 1.165) is 0 Å². The second-order valence-corrected chi connectivity index (χ2v) is 3.74. The highest BCUT2D eigenvalue weighted by atomic mass is 16.5. The van der Waals surface area contributed by atoms with Gasteiger partial charge in [0.05, 0.1) is 13.2 Å². The minimum atomic E-state index is -0.993. The number of ether oxygens (including phenoxy) is 2. The number of carbonyl (C=O) groups is 1. The van der Waals surface area contributed by atoms with E-state index in [9.17, 15) is 4.79 Å². The van der Waals surface area contributed by atoms with Crippen LogP contribution in [0.5, 0.6) is 0 Å². The van der Waals surface area contributed by atoms with Crippen molar-refractivity contribution in [3.05, 3.63) is 0 Å². The van der Waals surface area contributed by atoms with Crippen molar-refractivity contribution in [1.82, 2.24) is 4.90 Å². The van der Waals surface area contributed by atoms with E-state index in [4.69, 9.17) is 20.3 Å². The number of nitrogens with zero attached hydrogens (tertiary/aromatic N) is 1. The van der Waals surface area contributed by atoms with Gasteiger partial charge in [-0.2, -0.15) is 0 Å². The first kappa shape index (κ1) is 15.3. The van der Waals surface area contributed by atoms with Gasteiger partial charge in [-0.05, 0) is 6.92 Å². The van der Waals surface area contributed by atoms with Gasteiger partial charge in [0.1, 0.15) is 6.04 Å². The number of hydrogen-bond acceptors (Lipinski definition) is 5. The van der Waals surface area contributed by atoms with Crippen molar-refractivity contribution in [2.45, 2.75) is 19.0 Å². The van der Waals surface area contributed by atoms with Gasteiger partial charge in [0.15, 0.2) is 0 Å². The first-order valence-electron chi connectivity index (χ1n) is 5.23. The highest BCUT2D eigenvalue weighted by molar-refractivity contribution is 5.73. The molecule has 0 saturated heterocycles. The molecule has 2 atom stereocenters. The Balaban J connectivity index is 4.23. The maximum absolute atomic E-state index is 10.7. The monoisotopic (exact) mass is 234 g/mol. The Morgan fingerprint density at radius 2 is 2.06 bits per heavy atom. The van der Waals surface area contributed by atoms with Crippen LogP contribution in [0.3, 0.4) is 0 Å². The smallest absolute Gasteiger partial charge is 0.321 e. The lowest BCUT2D eigenvalue weighted by molar-refractivity contribution is -0.139. The molecule has 0 aliphatic rings. The van der Waals surface area contributed by atoms with Crippen LogP contribution in [0, 0.1) is 0 Å². The molecular formula is C10H22N2O4. The van der Waals surface area contributed by atoms with Crippen molar-refractivity contribution >= 4 is 5.97 Å². The second kappa shape index (κ2) is 8.46. The Morgan fingerprint density at radius 1 is 1.44 bits per heavy atom. The molecule has 0 radical (unpaired) electrons. The molecule has 0 aliphatic carbocycles. The Bertz CT molecular complexity index is 201. The second-order valence-electron chi connectivity index (χ2n) is 3.74. The molecule has 0 aromatic carbocycles. The van der Waals surface area contributed by atoms with E-state index in [1.54, 1.807) is 14.2 Å². The number of carboxylic acids is 1. The van der Waals surface area contributed by atoms with E-state index in [1.165, 1.54) is 0 Å². The average molecular weight is 234 g/mol. The Labute approximate surface area is 96.3 Å². The Hall–Kier alpha value is -0.690. The van der Waals surface area contributed by atoms with Crippen molar-refractivity contribution in [2.75, 3.05) is 40.5 Å². The van der Waals surface area contributed by atoms with Crippen LogP contribution in [0.25, 0.3) is 0 Å². The van der Waals surface area contributed by atoms with E-state index < -0.39 is 12.0 Å². The summed E-state index contributed by atoms with van der Waals surface area (Å²) in [5.41, 5.74) is 5.50. The molecule has 0 fully saturated rings. The topological polar surface area (TPSA) is 85.0 Å². The molecule has 0 aliphatic heterocycles. The molecule has 2 unspecified atom stereocenters. The first-order chi connectivity index (χ1) is 7.52. The zero-order valence-corrected chi connectivity index (χ0v) is 10.2. The molecule has 0 aromatic heterocycles. The molecule has 0 spiro atoms. The first-order valence-corrected chi connectivity index (χ1v) is 5.23. The zero-order chi connectivity index (χ0) is 12.6. The summed E-state index contributed by atoms with van der Waals surface area (Å²) in [4.78, 5) is 12.6. The zero-order valence-electron chi connectivity index (χ0n) is 10.2. The fraction of sp³-hybridized carbons (Fsp3) is 0.900. The maximum Gasteiger partial charge on any atom is 0.321 e. The van der Waals surface area contributed by atoms with E-state index in [-0.39, 0.29) is 6.04 Å². The highest BCUT2D eigenvalue weighted by Gasteiger charge is 2.20. The maximum atomic E-state index is 10.7. The number of nitrogens with two attached hydrogens (primary N) is 1. The summed E-state index contributed by atoms with van der Waals surface area (Å²) in [6, 6.07) is -0.762. The fourth-order valence-corrected chi connectivity index (χ4v) is 1.38. The minimum absolute atomic E-state index is 0.116. The summed E-state index contributed by atoms with van der Waals surface area (Å²) in [6.45, 7) is 3.98. The molecule has 3 N–H and O–H groups in total. The number of carboxylic acid groups (broad SMARTS) is 1. The Kier molecular flexibility index (Phi) is 8.10. The van der Waals surface area contributed by atoms with Gasteiger partial charge in [0.25, 0.3) is 0 Å². The van der Waals surface area contributed by atoms with Gasteiger partial charge in [-0.15, -0.1) is 0 Å². The van der Waals surface area contributed by atoms with Gasteiger partial charge in [-0.25, -0.2) is 0 Å². The summed E-state index contributed by atoms with van der Waals surface area (Å²) in [5.74, 6) is -0.993. The van der Waals surface area contributed by atoms with Gasteiger partial charge in [-0.3, -0.25) is 9.69 Å². The molecule has 0 aromatic rings. The lowest BCUT2D eigenvalue weighted by Crippen LogP contribution is -2.48. The summed E-state index contributed by atoms with van der Waals surface area (Å²) < 4.78 is 10.0. The quantitative estimate of drug-likeness (QED) is 0.553. The normalized spacial score (nSPS) is 15.1. The van der Waals surface area contributed by atoms with Crippen LogP contribution in [0.1, 0.15) is 6.92 Å². The third-order valence-corrected chi connectivity index (χ3v) is 2.36. The molecule has 6 heteroatoms. The number of hydrogen-bond donors (Lipinski definition) is 2. The van der Waals surface area contributed by atoms with E-state index in [1.807, 2.05) is 11.8 Å². The molecule has 0 rings (SSSR count). The van der Waals surface area contributed by atoms with Crippen LogP contribution in [0.2, 0.25) is 0 Å². The molecular weight excluding hydrogens is 212 g/mol. The lowest BCUT2D eigenvalue weighted by Gasteiger charge is -2.29. The van der Waals surface area contributed by atoms with Crippen LogP contribution >= 0.6 is 0 Å². The van der Waals surface area contributed by atoms with Gasteiger partial charge in [0, 0.05) is 33.4 Å². The van der Waals surface area contributed by atoms with Crippen molar-refractivity contribution in [3.63, 3.8) is 0 Å². The van der Waals surface area contributed by atoms with Gasteiger partial charge in [-0.1, -0.05) is 0 Å². The van der Waals surface area contributed by atoms with Crippen molar-refractivity contribution in [2.24, 2.45) is 5.73 Å². The largest absolute Gasteiger partial charge is 0.480 e. The van der Waals surface area contributed by atoms with Crippen molar-refractivity contribution in [3.8, 4) is 0 Å². The third-order valence-electron chi connectivity index (χ3n) is 2.36. The van der Waals surface area contributed by atoms with Crippen LogP contribution in [0.15, 0.2) is 0 Å². The standard InChI is InChI=1S/C10H22N2O4/c1-8(7-16-3)12(4-5-15-2)6-9(11)10(13)14/h8-9H,4-7,11H2,1-3H3,(H,13,14). The molecule has 6 nitrogen and oxygen atoms in total. The van der Waals surface area contributed by atoms with E-state index in [0.29, 0.717) is 26.3 Å². The van der Waals surface area contributed by atoms with E-state index >= 15 is 0 Å². The summed E-state index contributed by atoms with van der Waals surface area (Å²) >= 11 is 0. The van der Waals surface area contributed by atoms with Crippen LogP contribution in [0.4, 0.5) is 0 Å². The molecule has 16 heavy (non-hydrogen) atoms. The SMILES string of the molecule is COCCN(CC(N)C(=O)O)C(C)COC. The highest BCUT2D eigenvalue weighted by Crippen LogP contribution is 2.01. The fourth-order valence-electron chi connectivity index (χ4n) is 1.38. The minimum Gasteiger partial charge on any atom is -0.480 e. The predicted octanol–water partition coefficient (Wildman–Crippen LogP) is -0.618. The number of methoxy groups -OCH3 is 2. The average Bonchev–Trinajstić information content (AvgIpc) is 2.23. The molecule has 0 heterocycles.